The number of aryl methyl sites for hydroxylation is 4. The standard InChI is InChI=1S/C21H18N2O2S/c1-10-6-11(2)23-21-18(10)19(22)20(26-21)15-9-17(24)25-16-8-13-5-3-4-12(13)7-14(15)16/h6-9H,3-5,22H2,1-2H3. The lowest BCUT2D eigenvalue weighted by Crippen LogP contribution is -1.99. The van der Waals surface area contributed by atoms with Gasteiger partial charge in [0.1, 0.15) is 10.4 Å². The van der Waals surface area contributed by atoms with E-state index in [0.29, 0.717) is 11.3 Å². The molecule has 1 aliphatic carbocycles. The summed E-state index contributed by atoms with van der Waals surface area (Å²) in [5.74, 6) is 0. The first-order chi connectivity index (χ1) is 12.5. The van der Waals surface area contributed by atoms with Crippen LogP contribution in [0.4, 0.5) is 5.69 Å². The van der Waals surface area contributed by atoms with Gasteiger partial charge in [0.15, 0.2) is 0 Å². The van der Waals surface area contributed by atoms with E-state index < -0.39 is 0 Å². The highest BCUT2D eigenvalue weighted by Crippen LogP contribution is 2.44. The maximum atomic E-state index is 12.2. The summed E-state index contributed by atoms with van der Waals surface area (Å²) < 4.78 is 5.50. The second kappa shape index (κ2) is 5.42. The average Bonchev–Trinajstić information content (AvgIpc) is 3.16. The highest BCUT2D eigenvalue weighted by molar-refractivity contribution is 7.22. The van der Waals surface area contributed by atoms with Gasteiger partial charge in [0.25, 0.3) is 0 Å². The van der Waals surface area contributed by atoms with E-state index >= 15 is 0 Å². The molecular formula is C21H18N2O2S. The van der Waals surface area contributed by atoms with E-state index in [-0.39, 0.29) is 5.63 Å². The predicted molar refractivity (Wildman–Crippen MR) is 107 cm³/mol. The SMILES string of the molecule is Cc1cc(C)c2c(N)c(-c3cc(=O)oc4cc5c(cc34)CCC5)sc2n1. The third-order valence-electron chi connectivity index (χ3n) is 5.23. The van der Waals surface area contributed by atoms with Crippen LogP contribution in [-0.2, 0) is 12.8 Å². The highest BCUT2D eigenvalue weighted by atomic mass is 32.1. The Balaban J connectivity index is 1.87. The molecule has 3 aromatic heterocycles. The molecule has 0 atom stereocenters. The van der Waals surface area contributed by atoms with Crippen molar-refractivity contribution in [2.45, 2.75) is 33.1 Å². The number of aromatic nitrogens is 1. The molecule has 4 nitrogen and oxygen atoms in total. The second-order valence-corrected chi connectivity index (χ2v) is 8.05. The fourth-order valence-corrected chi connectivity index (χ4v) is 5.33. The van der Waals surface area contributed by atoms with Gasteiger partial charge in [-0.2, -0.15) is 0 Å². The number of thiophene rings is 1. The van der Waals surface area contributed by atoms with Gasteiger partial charge in [0.2, 0.25) is 0 Å². The quantitative estimate of drug-likeness (QED) is 0.496. The van der Waals surface area contributed by atoms with Crippen molar-refractivity contribution in [1.82, 2.24) is 4.98 Å². The number of fused-ring (bicyclic) bond motifs is 3. The Bertz CT molecular complexity index is 1270. The number of nitrogens with two attached hydrogens (primary N) is 1. The molecule has 0 saturated heterocycles. The van der Waals surface area contributed by atoms with Crippen LogP contribution < -0.4 is 11.4 Å². The zero-order chi connectivity index (χ0) is 18.0. The third-order valence-corrected chi connectivity index (χ3v) is 6.36. The van der Waals surface area contributed by atoms with Crippen LogP contribution >= 0.6 is 11.3 Å². The number of pyridine rings is 1. The minimum atomic E-state index is -0.344. The maximum Gasteiger partial charge on any atom is 0.336 e. The summed E-state index contributed by atoms with van der Waals surface area (Å²) in [6.45, 7) is 4.03. The topological polar surface area (TPSA) is 69.1 Å². The van der Waals surface area contributed by atoms with Gasteiger partial charge in [-0.3, -0.25) is 0 Å². The fourth-order valence-electron chi connectivity index (χ4n) is 4.09. The first kappa shape index (κ1) is 15.6. The van der Waals surface area contributed by atoms with Crippen molar-refractivity contribution >= 4 is 38.2 Å². The number of hydrogen-bond acceptors (Lipinski definition) is 5. The summed E-state index contributed by atoms with van der Waals surface area (Å²) >= 11 is 1.55. The Labute approximate surface area is 154 Å². The molecule has 0 aliphatic heterocycles. The van der Waals surface area contributed by atoms with Gasteiger partial charge >= 0.3 is 5.63 Å². The van der Waals surface area contributed by atoms with E-state index in [1.807, 2.05) is 26.0 Å². The molecule has 0 bridgehead atoms. The van der Waals surface area contributed by atoms with Crippen LogP contribution in [0.3, 0.4) is 0 Å². The fraction of sp³-hybridized carbons (Fsp3) is 0.238. The van der Waals surface area contributed by atoms with Crippen LogP contribution in [0.5, 0.6) is 0 Å². The van der Waals surface area contributed by atoms with Crippen molar-refractivity contribution < 1.29 is 4.42 Å². The number of benzene rings is 1. The van der Waals surface area contributed by atoms with Crippen molar-refractivity contribution in [3.63, 3.8) is 0 Å². The molecule has 0 amide bonds. The van der Waals surface area contributed by atoms with E-state index in [1.165, 1.54) is 11.1 Å². The number of nitrogens with zero attached hydrogens (tertiary/aromatic N) is 1. The van der Waals surface area contributed by atoms with Crippen LogP contribution in [-0.4, -0.2) is 4.98 Å². The summed E-state index contributed by atoms with van der Waals surface area (Å²) in [4.78, 5) is 18.7. The summed E-state index contributed by atoms with van der Waals surface area (Å²) in [5.41, 5.74) is 13.1. The average molecular weight is 362 g/mol. The second-order valence-electron chi connectivity index (χ2n) is 7.06. The molecule has 0 saturated carbocycles. The van der Waals surface area contributed by atoms with Crippen LogP contribution in [0.15, 0.2) is 33.5 Å². The van der Waals surface area contributed by atoms with Crippen molar-refractivity contribution in [1.29, 1.82) is 0 Å². The Morgan fingerprint density at radius 2 is 1.88 bits per heavy atom. The molecule has 4 aromatic rings. The molecular weight excluding hydrogens is 344 g/mol. The summed E-state index contributed by atoms with van der Waals surface area (Å²) in [6.07, 6.45) is 3.27. The summed E-state index contributed by atoms with van der Waals surface area (Å²) in [7, 11) is 0. The van der Waals surface area contributed by atoms with Gasteiger partial charge in [-0.1, -0.05) is 0 Å². The molecule has 0 unspecified atom stereocenters. The van der Waals surface area contributed by atoms with Gasteiger partial charge in [0.05, 0.1) is 10.6 Å². The van der Waals surface area contributed by atoms with Crippen molar-refractivity contribution in [2.75, 3.05) is 5.73 Å². The molecule has 0 radical (unpaired) electrons. The van der Waals surface area contributed by atoms with Crippen LogP contribution in [0.25, 0.3) is 31.6 Å². The molecule has 5 rings (SSSR count). The molecule has 26 heavy (non-hydrogen) atoms. The lowest BCUT2D eigenvalue weighted by atomic mass is 10.0. The normalized spacial score (nSPS) is 13.6. The van der Waals surface area contributed by atoms with Crippen molar-refractivity contribution in [2.24, 2.45) is 0 Å². The van der Waals surface area contributed by atoms with Crippen LogP contribution in [0.1, 0.15) is 28.8 Å². The molecule has 0 fully saturated rings. The van der Waals surface area contributed by atoms with E-state index in [1.54, 1.807) is 17.4 Å². The first-order valence-electron chi connectivity index (χ1n) is 8.77. The first-order valence-corrected chi connectivity index (χ1v) is 9.59. The van der Waals surface area contributed by atoms with Crippen LogP contribution in [0, 0.1) is 13.8 Å². The predicted octanol–water partition coefficient (Wildman–Crippen LogP) is 4.76. The Morgan fingerprint density at radius 3 is 2.69 bits per heavy atom. The lowest BCUT2D eigenvalue weighted by molar-refractivity contribution is 0.561. The van der Waals surface area contributed by atoms with Crippen molar-refractivity contribution in [3.8, 4) is 10.4 Å². The zero-order valence-electron chi connectivity index (χ0n) is 14.7. The number of nitrogen functional groups attached to an aromatic ring is 1. The van der Waals surface area contributed by atoms with Gasteiger partial charge < -0.3 is 10.2 Å². The maximum absolute atomic E-state index is 12.2. The van der Waals surface area contributed by atoms with Crippen LogP contribution in [0.2, 0.25) is 0 Å². The molecule has 1 aliphatic rings. The largest absolute Gasteiger partial charge is 0.423 e. The minimum absolute atomic E-state index is 0.344. The molecule has 130 valence electrons. The summed E-state index contributed by atoms with van der Waals surface area (Å²) in [6, 6.07) is 7.80. The number of rotatable bonds is 1. The lowest BCUT2D eigenvalue weighted by Gasteiger charge is -2.07. The Morgan fingerprint density at radius 1 is 1.12 bits per heavy atom. The molecule has 1 aromatic carbocycles. The van der Waals surface area contributed by atoms with Crippen molar-refractivity contribution in [3.05, 3.63) is 57.1 Å². The summed E-state index contributed by atoms with van der Waals surface area (Å²) in [5, 5.41) is 1.94. The van der Waals surface area contributed by atoms with E-state index in [4.69, 9.17) is 10.2 Å². The third kappa shape index (κ3) is 2.20. The van der Waals surface area contributed by atoms with Gasteiger partial charge in [-0.15, -0.1) is 11.3 Å². The molecule has 3 heterocycles. The van der Waals surface area contributed by atoms with E-state index in [2.05, 4.69) is 11.1 Å². The van der Waals surface area contributed by atoms with E-state index in [9.17, 15) is 4.79 Å². The zero-order valence-corrected chi connectivity index (χ0v) is 15.5. The monoisotopic (exact) mass is 362 g/mol. The minimum Gasteiger partial charge on any atom is -0.423 e. The molecule has 5 heteroatoms. The smallest absolute Gasteiger partial charge is 0.336 e. The molecule has 0 spiro atoms. The van der Waals surface area contributed by atoms with Gasteiger partial charge in [0, 0.05) is 28.1 Å². The van der Waals surface area contributed by atoms with Gasteiger partial charge in [-0.25, -0.2) is 9.78 Å². The molecule has 2 N–H and O–H groups in total. The number of hydrogen-bond donors (Lipinski definition) is 1. The van der Waals surface area contributed by atoms with E-state index in [0.717, 1.165) is 56.6 Å². The highest BCUT2D eigenvalue weighted by Gasteiger charge is 2.20. The Kier molecular flexibility index (Phi) is 3.25. The van der Waals surface area contributed by atoms with Gasteiger partial charge in [-0.05, 0) is 68.0 Å². The number of anilines is 1. The Hall–Kier alpha value is -2.66.